The molecule has 92 valence electrons. The van der Waals surface area contributed by atoms with E-state index in [1.165, 1.54) is 14.2 Å². The fourth-order valence-electron chi connectivity index (χ4n) is 1.76. The van der Waals surface area contributed by atoms with Crippen molar-refractivity contribution in [1.29, 1.82) is 0 Å². The summed E-state index contributed by atoms with van der Waals surface area (Å²) in [7, 11) is -2.07. The first-order chi connectivity index (χ1) is 8.01. The Morgan fingerprint density at radius 1 is 1.47 bits per heavy atom. The van der Waals surface area contributed by atoms with E-state index < -0.39 is 20.6 Å². The van der Waals surface area contributed by atoms with Gasteiger partial charge in [0.05, 0.1) is 0 Å². The van der Waals surface area contributed by atoms with E-state index in [1.54, 1.807) is 18.2 Å². The van der Waals surface area contributed by atoms with E-state index in [1.807, 2.05) is 0 Å². The van der Waals surface area contributed by atoms with Gasteiger partial charge in [-0.05, 0) is 23.2 Å². The van der Waals surface area contributed by atoms with Gasteiger partial charge < -0.3 is 18.7 Å². The molecule has 0 aromatic heterocycles. The van der Waals surface area contributed by atoms with Crippen LogP contribution >= 0.6 is 19.2 Å². The Morgan fingerprint density at radius 2 is 2.12 bits per heavy atom. The van der Waals surface area contributed by atoms with E-state index in [9.17, 15) is 9.59 Å². The van der Waals surface area contributed by atoms with Crippen molar-refractivity contribution in [1.82, 2.24) is 0 Å². The maximum absolute atomic E-state index is 12.2. The summed E-state index contributed by atoms with van der Waals surface area (Å²) >= 11 is 5.86. The average molecular weight is 276 g/mol. The highest BCUT2D eigenvalue weighted by Gasteiger charge is 2.46. The number of fused-ring (bicyclic) bond motifs is 1. The molecule has 2 rings (SSSR count). The Morgan fingerprint density at radius 3 is 2.71 bits per heavy atom. The lowest BCUT2D eigenvalue weighted by Crippen LogP contribution is -2.27. The highest BCUT2D eigenvalue weighted by molar-refractivity contribution is 7.54. The smallest absolute Gasteiger partial charge is 0.423 e. The van der Waals surface area contributed by atoms with Gasteiger partial charge in [-0.25, -0.2) is 0 Å². The predicted octanol–water partition coefficient (Wildman–Crippen LogP) is 1.54. The molecule has 0 amide bonds. The summed E-state index contributed by atoms with van der Waals surface area (Å²) in [4.78, 5) is 0. The zero-order valence-electron chi connectivity index (χ0n) is 9.29. The average Bonchev–Trinajstić information content (AvgIpc) is 2.66. The quantitative estimate of drug-likeness (QED) is 0.670. The third kappa shape index (κ3) is 2.17. The van der Waals surface area contributed by atoms with Crippen LogP contribution in [0.1, 0.15) is 11.4 Å². The lowest BCUT2D eigenvalue weighted by atomic mass is 9.80. The molecule has 5 nitrogen and oxygen atoms in total. The van der Waals surface area contributed by atoms with Crippen LogP contribution in [-0.4, -0.2) is 26.4 Å². The minimum Gasteiger partial charge on any atom is -0.423 e. The Bertz CT molecular complexity index is 474. The molecule has 0 aliphatic carbocycles. The minimum atomic E-state index is -3.46. The SMILES string of the molecule is COP(=O)(OC)C1OB(O)c2ccc(Cl)cc21. The van der Waals surface area contributed by atoms with E-state index in [0.717, 1.165) is 0 Å². The fourth-order valence-corrected chi connectivity index (χ4v) is 3.31. The first-order valence-corrected chi connectivity index (χ1v) is 6.85. The molecule has 1 aliphatic heterocycles. The third-order valence-electron chi connectivity index (χ3n) is 2.63. The first-order valence-electron chi connectivity index (χ1n) is 4.86. The molecule has 0 radical (unpaired) electrons. The van der Waals surface area contributed by atoms with E-state index in [4.69, 9.17) is 25.3 Å². The summed E-state index contributed by atoms with van der Waals surface area (Å²) in [6, 6.07) is 4.83. The highest BCUT2D eigenvalue weighted by atomic mass is 35.5. The molecule has 1 aliphatic rings. The molecule has 1 atom stereocenters. The van der Waals surface area contributed by atoms with Crippen molar-refractivity contribution in [2.24, 2.45) is 0 Å². The zero-order chi connectivity index (χ0) is 12.6. The molecule has 17 heavy (non-hydrogen) atoms. The van der Waals surface area contributed by atoms with Crippen LogP contribution in [0.3, 0.4) is 0 Å². The molecule has 0 bridgehead atoms. The Kier molecular flexibility index (Phi) is 3.64. The predicted molar refractivity (Wildman–Crippen MR) is 64.5 cm³/mol. The highest BCUT2D eigenvalue weighted by Crippen LogP contribution is 2.61. The molecular weight excluding hydrogens is 265 g/mol. The molecule has 1 aromatic rings. The van der Waals surface area contributed by atoms with Crippen LogP contribution in [0.4, 0.5) is 0 Å². The zero-order valence-corrected chi connectivity index (χ0v) is 10.9. The molecule has 0 saturated carbocycles. The molecular formula is C9H11BClO5P. The molecule has 1 unspecified atom stereocenters. The fraction of sp³-hybridized carbons (Fsp3) is 0.333. The van der Waals surface area contributed by atoms with Gasteiger partial charge in [0.1, 0.15) is 0 Å². The number of hydrogen-bond donors (Lipinski definition) is 1. The van der Waals surface area contributed by atoms with Crippen LogP contribution in [-0.2, 0) is 18.3 Å². The van der Waals surface area contributed by atoms with Crippen molar-refractivity contribution < 1.29 is 23.3 Å². The lowest BCUT2D eigenvalue weighted by Gasteiger charge is -2.21. The molecule has 0 saturated heterocycles. The Hall–Kier alpha value is -0.355. The number of rotatable bonds is 3. The van der Waals surface area contributed by atoms with Crippen molar-refractivity contribution >= 4 is 31.8 Å². The molecule has 0 fully saturated rings. The summed E-state index contributed by atoms with van der Waals surface area (Å²) in [6.45, 7) is 0. The van der Waals surface area contributed by atoms with Crippen LogP contribution in [0.15, 0.2) is 18.2 Å². The van der Waals surface area contributed by atoms with Gasteiger partial charge in [0, 0.05) is 19.2 Å². The summed E-state index contributed by atoms with van der Waals surface area (Å²) in [5.41, 5.74) is 1.05. The minimum absolute atomic E-state index is 0.463. The van der Waals surface area contributed by atoms with Gasteiger partial charge >= 0.3 is 14.7 Å². The molecule has 1 N–H and O–H groups in total. The van der Waals surface area contributed by atoms with Gasteiger partial charge in [-0.1, -0.05) is 17.7 Å². The van der Waals surface area contributed by atoms with Gasteiger partial charge in [0.15, 0.2) is 5.85 Å². The van der Waals surface area contributed by atoms with Crippen LogP contribution in [0.2, 0.25) is 5.02 Å². The second-order valence-electron chi connectivity index (χ2n) is 3.52. The number of halogens is 1. The van der Waals surface area contributed by atoms with Crippen LogP contribution in [0, 0.1) is 0 Å². The number of benzene rings is 1. The van der Waals surface area contributed by atoms with Gasteiger partial charge in [0.25, 0.3) is 0 Å². The maximum Gasteiger partial charge on any atom is 0.492 e. The van der Waals surface area contributed by atoms with Crippen molar-refractivity contribution in [3.8, 4) is 0 Å². The molecule has 0 spiro atoms. The summed E-state index contributed by atoms with van der Waals surface area (Å²) in [5, 5.41) is 10.2. The standard InChI is InChI=1S/C9H11BClO5P/c1-14-17(13,15-2)9-7-5-6(11)3-4-8(7)10(12)16-9/h3-5,9,12H,1-2H3. The topological polar surface area (TPSA) is 65.0 Å². The lowest BCUT2D eigenvalue weighted by molar-refractivity contribution is 0.183. The number of hydrogen-bond acceptors (Lipinski definition) is 5. The van der Waals surface area contributed by atoms with E-state index in [0.29, 0.717) is 16.0 Å². The largest absolute Gasteiger partial charge is 0.492 e. The van der Waals surface area contributed by atoms with E-state index in [-0.39, 0.29) is 0 Å². The van der Waals surface area contributed by atoms with Gasteiger partial charge in [0.2, 0.25) is 0 Å². The van der Waals surface area contributed by atoms with Crippen LogP contribution < -0.4 is 5.46 Å². The van der Waals surface area contributed by atoms with Crippen molar-refractivity contribution in [2.45, 2.75) is 5.85 Å². The molecule has 8 heteroatoms. The maximum atomic E-state index is 12.2. The molecule has 1 aromatic carbocycles. The van der Waals surface area contributed by atoms with E-state index in [2.05, 4.69) is 0 Å². The monoisotopic (exact) mass is 276 g/mol. The third-order valence-corrected chi connectivity index (χ3v) is 4.86. The van der Waals surface area contributed by atoms with Crippen molar-refractivity contribution in [3.63, 3.8) is 0 Å². The normalized spacial score (nSPS) is 19.5. The van der Waals surface area contributed by atoms with Crippen LogP contribution in [0.25, 0.3) is 0 Å². The van der Waals surface area contributed by atoms with Gasteiger partial charge in [-0.2, -0.15) is 0 Å². The first kappa shape index (κ1) is 13.1. The van der Waals surface area contributed by atoms with E-state index >= 15 is 0 Å². The molecule has 1 heterocycles. The second-order valence-corrected chi connectivity index (χ2v) is 6.23. The summed E-state index contributed by atoms with van der Waals surface area (Å²) < 4.78 is 27.2. The summed E-state index contributed by atoms with van der Waals surface area (Å²) in [5.74, 6) is -0.957. The van der Waals surface area contributed by atoms with Crippen molar-refractivity contribution in [3.05, 3.63) is 28.8 Å². The Balaban J connectivity index is 2.49. The van der Waals surface area contributed by atoms with Gasteiger partial charge in [-0.3, -0.25) is 4.57 Å². The summed E-state index contributed by atoms with van der Waals surface area (Å²) in [6.07, 6.45) is 0. The van der Waals surface area contributed by atoms with Crippen LogP contribution in [0.5, 0.6) is 0 Å². The Labute approximate surface area is 104 Å². The second kappa shape index (κ2) is 4.73. The van der Waals surface area contributed by atoms with Crippen molar-refractivity contribution in [2.75, 3.05) is 14.2 Å². The van der Waals surface area contributed by atoms with Gasteiger partial charge in [-0.15, -0.1) is 0 Å².